The van der Waals surface area contributed by atoms with Crippen molar-refractivity contribution in [3.8, 4) is 0 Å². The smallest absolute Gasteiger partial charge is 0.172 e. The Kier molecular flexibility index (Phi) is 2.37. The van der Waals surface area contributed by atoms with Crippen molar-refractivity contribution < 1.29 is 14.2 Å². The van der Waals surface area contributed by atoms with E-state index in [1.54, 1.807) is 0 Å². The van der Waals surface area contributed by atoms with Gasteiger partial charge in [0.15, 0.2) is 12.0 Å². The van der Waals surface area contributed by atoms with E-state index in [-0.39, 0.29) is 5.71 Å². The highest BCUT2D eigenvalue weighted by atomic mass is 16.6. The van der Waals surface area contributed by atoms with Crippen LogP contribution in [0.1, 0.15) is 5.56 Å². The van der Waals surface area contributed by atoms with E-state index < -0.39 is 0 Å². The first-order chi connectivity index (χ1) is 5.38. The van der Waals surface area contributed by atoms with Crippen LogP contribution >= 0.6 is 0 Å². The Labute approximate surface area is 62.6 Å². The Balaban J connectivity index is 2.88. The Morgan fingerprint density at radius 2 is 2.73 bits per heavy atom. The summed E-state index contributed by atoms with van der Waals surface area (Å²) in [4.78, 5) is 14.7. The van der Waals surface area contributed by atoms with Crippen LogP contribution in [0.5, 0.6) is 0 Å². The number of aldehydes is 1. The van der Waals surface area contributed by atoms with Gasteiger partial charge in [0.05, 0.1) is 11.8 Å². The molecule has 1 rings (SSSR count). The summed E-state index contributed by atoms with van der Waals surface area (Å²) in [5.41, 5.74) is 0.663. The van der Waals surface area contributed by atoms with Crippen molar-refractivity contribution in [1.82, 2.24) is 5.16 Å². The van der Waals surface area contributed by atoms with Crippen LogP contribution in [-0.4, -0.2) is 24.3 Å². The fourth-order valence-electron chi connectivity index (χ4n) is 0.572. The van der Waals surface area contributed by atoms with Crippen LogP contribution in [0.15, 0.2) is 22.1 Å². The Morgan fingerprint density at radius 1 is 1.91 bits per heavy atom. The summed E-state index contributed by atoms with van der Waals surface area (Å²) in [7, 11) is 1.36. The van der Waals surface area contributed by atoms with Crippen LogP contribution in [0, 0.1) is 0 Å². The first-order valence-corrected chi connectivity index (χ1v) is 2.84. The van der Waals surface area contributed by atoms with Gasteiger partial charge in [-0.05, 0) is 0 Å². The average molecular weight is 154 g/mol. The van der Waals surface area contributed by atoms with E-state index in [9.17, 15) is 4.79 Å². The maximum Gasteiger partial charge on any atom is 0.172 e. The van der Waals surface area contributed by atoms with Crippen molar-refractivity contribution in [1.29, 1.82) is 0 Å². The van der Waals surface area contributed by atoms with Gasteiger partial charge in [0, 0.05) is 0 Å². The van der Waals surface area contributed by atoms with Gasteiger partial charge in [-0.3, -0.25) is 4.79 Å². The lowest BCUT2D eigenvalue weighted by molar-refractivity contribution is -0.102. The molecule has 0 aromatic carbocycles. The predicted molar refractivity (Wildman–Crippen MR) is 36.1 cm³/mol. The minimum atomic E-state index is 0.161. The minimum absolute atomic E-state index is 0.161. The zero-order valence-corrected chi connectivity index (χ0v) is 5.85. The second-order valence-corrected chi connectivity index (χ2v) is 1.69. The molecular formula is C6H6N2O3. The van der Waals surface area contributed by atoms with E-state index in [0.29, 0.717) is 11.8 Å². The van der Waals surface area contributed by atoms with E-state index >= 15 is 0 Å². The number of rotatable bonds is 3. The van der Waals surface area contributed by atoms with E-state index in [1.807, 2.05) is 0 Å². The Hall–Kier alpha value is -1.65. The molecule has 0 aliphatic carbocycles. The Morgan fingerprint density at radius 3 is 3.18 bits per heavy atom. The fourth-order valence-corrected chi connectivity index (χ4v) is 0.572. The van der Waals surface area contributed by atoms with Gasteiger partial charge in [0.1, 0.15) is 13.4 Å². The molecule has 0 N–H and O–H groups in total. The summed E-state index contributed by atoms with van der Waals surface area (Å²) in [6.07, 6.45) is 3.26. The van der Waals surface area contributed by atoms with Gasteiger partial charge in [-0.15, -0.1) is 0 Å². The molecular weight excluding hydrogens is 148 g/mol. The van der Waals surface area contributed by atoms with Gasteiger partial charge in [0.2, 0.25) is 0 Å². The summed E-state index contributed by atoms with van der Waals surface area (Å²) >= 11 is 0. The molecule has 5 nitrogen and oxygen atoms in total. The monoisotopic (exact) mass is 154 g/mol. The quantitative estimate of drug-likeness (QED) is 0.355. The van der Waals surface area contributed by atoms with Crippen molar-refractivity contribution in [2.75, 3.05) is 7.11 Å². The van der Waals surface area contributed by atoms with E-state index in [2.05, 4.69) is 19.7 Å². The van der Waals surface area contributed by atoms with Crippen LogP contribution in [-0.2, 0) is 9.63 Å². The summed E-state index contributed by atoms with van der Waals surface area (Å²) in [6, 6.07) is 0. The normalized spacial score (nSPS) is 11.2. The highest BCUT2D eigenvalue weighted by Crippen LogP contribution is 1.97. The van der Waals surface area contributed by atoms with E-state index in [0.717, 1.165) is 0 Å². The molecule has 0 bridgehead atoms. The molecule has 58 valence electrons. The SMILES string of the molecule is CON=C(C=O)c1cnoc1. The molecule has 0 aliphatic heterocycles. The predicted octanol–water partition coefficient (Wildman–Crippen LogP) is 0.224. The number of carbonyl (C=O) groups is 1. The molecule has 1 aromatic rings. The van der Waals surface area contributed by atoms with Crippen molar-refractivity contribution in [2.45, 2.75) is 0 Å². The number of aromatic nitrogens is 1. The van der Waals surface area contributed by atoms with Crippen molar-refractivity contribution in [2.24, 2.45) is 5.16 Å². The number of oxime groups is 1. The maximum atomic E-state index is 10.3. The molecule has 0 saturated carbocycles. The van der Waals surface area contributed by atoms with Gasteiger partial charge in [-0.1, -0.05) is 10.3 Å². The van der Waals surface area contributed by atoms with Gasteiger partial charge in [-0.2, -0.15) is 0 Å². The third-order valence-electron chi connectivity index (χ3n) is 1.03. The fraction of sp³-hybridized carbons (Fsp3) is 0.167. The molecule has 0 radical (unpaired) electrons. The molecule has 1 heterocycles. The van der Waals surface area contributed by atoms with Crippen LogP contribution in [0.25, 0.3) is 0 Å². The summed E-state index contributed by atoms with van der Waals surface area (Å²) < 4.78 is 4.50. The molecule has 1 aromatic heterocycles. The molecule has 0 unspecified atom stereocenters. The number of hydrogen-bond donors (Lipinski definition) is 0. The lowest BCUT2D eigenvalue weighted by Crippen LogP contribution is -2.00. The summed E-state index contributed by atoms with van der Waals surface area (Å²) in [5.74, 6) is 0. The number of nitrogens with zero attached hydrogens (tertiary/aromatic N) is 2. The highest BCUT2D eigenvalue weighted by molar-refractivity contribution is 6.35. The molecule has 0 fully saturated rings. The molecule has 5 heteroatoms. The van der Waals surface area contributed by atoms with Crippen LogP contribution in [0.2, 0.25) is 0 Å². The number of carbonyl (C=O) groups excluding carboxylic acids is 1. The van der Waals surface area contributed by atoms with Crippen LogP contribution in [0.3, 0.4) is 0 Å². The largest absolute Gasteiger partial charge is 0.399 e. The minimum Gasteiger partial charge on any atom is -0.399 e. The zero-order chi connectivity index (χ0) is 8.10. The standard InChI is InChI=1S/C6H6N2O3/c1-10-8-6(3-9)5-2-7-11-4-5/h2-4H,1H3. The molecule has 0 amide bonds. The van der Waals surface area contributed by atoms with E-state index in [4.69, 9.17) is 0 Å². The molecule has 0 spiro atoms. The first-order valence-electron chi connectivity index (χ1n) is 2.84. The third kappa shape index (κ3) is 1.64. The third-order valence-corrected chi connectivity index (χ3v) is 1.03. The van der Waals surface area contributed by atoms with Gasteiger partial charge in [0.25, 0.3) is 0 Å². The molecule has 0 atom stereocenters. The maximum absolute atomic E-state index is 10.3. The van der Waals surface area contributed by atoms with Crippen molar-refractivity contribution in [3.63, 3.8) is 0 Å². The Bertz CT molecular complexity index is 253. The van der Waals surface area contributed by atoms with Crippen LogP contribution < -0.4 is 0 Å². The lowest BCUT2D eigenvalue weighted by Gasteiger charge is -1.89. The summed E-state index contributed by atoms with van der Waals surface area (Å²) in [6.45, 7) is 0. The lowest BCUT2D eigenvalue weighted by atomic mass is 10.2. The van der Waals surface area contributed by atoms with Crippen LogP contribution in [0.4, 0.5) is 0 Å². The first kappa shape index (κ1) is 7.46. The second-order valence-electron chi connectivity index (χ2n) is 1.69. The van der Waals surface area contributed by atoms with Gasteiger partial charge in [-0.25, -0.2) is 0 Å². The average Bonchev–Trinajstić information content (AvgIpc) is 2.52. The van der Waals surface area contributed by atoms with Gasteiger partial charge >= 0.3 is 0 Å². The molecule has 0 saturated heterocycles. The topological polar surface area (TPSA) is 64.7 Å². The zero-order valence-electron chi connectivity index (χ0n) is 5.85. The van der Waals surface area contributed by atoms with E-state index in [1.165, 1.54) is 19.6 Å². The molecule has 11 heavy (non-hydrogen) atoms. The van der Waals surface area contributed by atoms with Gasteiger partial charge < -0.3 is 9.36 Å². The highest BCUT2D eigenvalue weighted by Gasteiger charge is 2.04. The second kappa shape index (κ2) is 3.50. The number of hydrogen-bond acceptors (Lipinski definition) is 5. The molecule has 0 aliphatic rings. The summed E-state index contributed by atoms with van der Waals surface area (Å²) in [5, 5.41) is 6.84. The van der Waals surface area contributed by atoms with Crippen molar-refractivity contribution >= 4 is 12.0 Å². The van der Waals surface area contributed by atoms with Crippen molar-refractivity contribution in [3.05, 3.63) is 18.0 Å².